The highest BCUT2D eigenvalue weighted by Gasteiger charge is 2.42. The van der Waals surface area contributed by atoms with E-state index in [0.29, 0.717) is 18.7 Å². The molecule has 1 aliphatic heterocycles. The van der Waals surface area contributed by atoms with E-state index in [9.17, 15) is 9.90 Å². The second-order valence-corrected chi connectivity index (χ2v) is 5.42. The molecule has 0 saturated carbocycles. The number of aromatic amines is 1. The highest BCUT2D eigenvalue weighted by Crippen LogP contribution is 2.27. The number of likely N-dealkylation sites (tertiary alicyclic amines) is 1. The number of benzene rings is 1. The molecule has 0 bridgehead atoms. The van der Waals surface area contributed by atoms with E-state index in [1.54, 1.807) is 4.90 Å². The lowest BCUT2D eigenvalue weighted by Crippen LogP contribution is -2.63. The average Bonchev–Trinajstić information content (AvgIpc) is 2.82. The fourth-order valence-electron chi connectivity index (χ4n) is 2.79. The third-order valence-corrected chi connectivity index (χ3v) is 3.77. The highest BCUT2D eigenvalue weighted by molar-refractivity contribution is 5.98. The predicted octanol–water partition coefficient (Wildman–Crippen LogP) is 2.15. The molecule has 0 spiro atoms. The number of nitrogens with zero attached hydrogens (tertiary/aromatic N) is 1. The van der Waals surface area contributed by atoms with Gasteiger partial charge in [0.1, 0.15) is 0 Å². The van der Waals surface area contributed by atoms with Crippen LogP contribution in [0.5, 0.6) is 0 Å². The van der Waals surface area contributed by atoms with Gasteiger partial charge in [0.25, 0.3) is 5.91 Å². The van der Waals surface area contributed by atoms with Gasteiger partial charge < -0.3 is 15.0 Å². The van der Waals surface area contributed by atoms with Gasteiger partial charge in [-0.2, -0.15) is 0 Å². The zero-order chi connectivity index (χ0) is 13.5. The van der Waals surface area contributed by atoms with E-state index in [2.05, 4.69) is 4.98 Å². The van der Waals surface area contributed by atoms with E-state index >= 15 is 0 Å². The summed E-state index contributed by atoms with van der Waals surface area (Å²) in [6.45, 7) is 2.94. The molecule has 3 rings (SSSR count). The van der Waals surface area contributed by atoms with Gasteiger partial charge in [-0.1, -0.05) is 19.4 Å². The third-order valence-electron chi connectivity index (χ3n) is 3.77. The summed E-state index contributed by atoms with van der Waals surface area (Å²) in [5.74, 6) is -0.00252. The quantitative estimate of drug-likeness (QED) is 0.886. The van der Waals surface area contributed by atoms with Crippen molar-refractivity contribution in [3.05, 3.63) is 36.0 Å². The van der Waals surface area contributed by atoms with Crippen LogP contribution in [0.15, 0.2) is 30.5 Å². The Kier molecular flexibility index (Phi) is 2.82. The Hall–Kier alpha value is -1.81. The summed E-state index contributed by atoms with van der Waals surface area (Å²) in [6, 6.07) is 7.63. The van der Waals surface area contributed by atoms with Crippen molar-refractivity contribution >= 4 is 16.8 Å². The van der Waals surface area contributed by atoms with Gasteiger partial charge in [-0.3, -0.25) is 4.79 Å². The van der Waals surface area contributed by atoms with Gasteiger partial charge in [0.05, 0.1) is 18.7 Å². The molecule has 2 aromatic rings. The number of amides is 1. The lowest BCUT2D eigenvalue weighted by atomic mass is 9.88. The van der Waals surface area contributed by atoms with E-state index in [-0.39, 0.29) is 5.91 Å². The van der Waals surface area contributed by atoms with Gasteiger partial charge in [-0.05, 0) is 30.0 Å². The highest BCUT2D eigenvalue weighted by atomic mass is 16.3. The Bertz CT molecular complexity index is 611. The summed E-state index contributed by atoms with van der Waals surface area (Å²) in [5.41, 5.74) is 0.977. The summed E-state index contributed by atoms with van der Waals surface area (Å²) in [7, 11) is 0. The molecule has 1 aliphatic rings. The Morgan fingerprint density at radius 3 is 2.95 bits per heavy atom. The van der Waals surface area contributed by atoms with E-state index in [0.717, 1.165) is 23.7 Å². The maximum absolute atomic E-state index is 12.3. The van der Waals surface area contributed by atoms with E-state index in [1.807, 2.05) is 37.4 Å². The summed E-state index contributed by atoms with van der Waals surface area (Å²) in [5, 5.41) is 11.2. The first-order valence-electron chi connectivity index (χ1n) is 6.70. The van der Waals surface area contributed by atoms with E-state index in [1.165, 1.54) is 0 Å². The molecule has 0 atom stereocenters. The number of aromatic nitrogens is 1. The molecule has 2 heterocycles. The number of carbonyl (C=O) groups excluding carboxylic acids is 1. The molecule has 19 heavy (non-hydrogen) atoms. The van der Waals surface area contributed by atoms with Crippen LogP contribution in [0.4, 0.5) is 0 Å². The number of nitrogens with one attached hydrogen (secondary N) is 1. The van der Waals surface area contributed by atoms with Crippen molar-refractivity contribution < 1.29 is 9.90 Å². The number of hydrogen-bond donors (Lipinski definition) is 2. The average molecular weight is 258 g/mol. The molecule has 1 fully saturated rings. The lowest BCUT2D eigenvalue weighted by Gasteiger charge is -2.46. The first kappa shape index (κ1) is 12.2. The molecule has 4 nitrogen and oxygen atoms in total. The van der Waals surface area contributed by atoms with Gasteiger partial charge in [-0.25, -0.2) is 0 Å². The van der Waals surface area contributed by atoms with Crippen LogP contribution in [0.3, 0.4) is 0 Å². The zero-order valence-corrected chi connectivity index (χ0v) is 11.0. The molecule has 2 N–H and O–H groups in total. The summed E-state index contributed by atoms with van der Waals surface area (Å²) in [4.78, 5) is 17.1. The van der Waals surface area contributed by atoms with E-state index in [4.69, 9.17) is 0 Å². The predicted molar refractivity (Wildman–Crippen MR) is 74.1 cm³/mol. The largest absolute Gasteiger partial charge is 0.386 e. The Morgan fingerprint density at radius 1 is 1.42 bits per heavy atom. The van der Waals surface area contributed by atoms with Crippen LogP contribution in [-0.2, 0) is 0 Å². The smallest absolute Gasteiger partial charge is 0.254 e. The van der Waals surface area contributed by atoms with Crippen molar-refractivity contribution in [1.82, 2.24) is 9.88 Å². The van der Waals surface area contributed by atoms with Crippen molar-refractivity contribution in [3.63, 3.8) is 0 Å². The van der Waals surface area contributed by atoms with Gasteiger partial charge in [0.2, 0.25) is 0 Å². The first-order chi connectivity index (χ1) is 9.11. The zero-order valence-electron chi connectivity index (χ0n) is 11.0. The monoisotopic (exact) mass is 258 g/mol. The Labute approximate surface area is 112 Å². The third kappa shape index (κ3) is 2.12. The lowest BCUT2D eigenvalue weighted by molar-refractivity contribution is -0.0860. The number of aliphatic hydroxyl groups is 1. The minimum Gasteiger partial charge on any atom is -0.386 e. The fourth-order valence-corrected chi connectivity index (χ4v) is 2.79. The number of β-amino-alcohol motifs (C(OH)–C–C–N with tert-alkyl or cyclic N) is 1. The SMILES string of the molecule is CCCC1(O)CN(C(=O)c2ccc3cc[nH]c3c2)C1. The van der Waals surface area contributed by atoms with Gasteiger partial charge in [0.15, 0.2) is 0 Å². The second-order valence-electron chi connectivity index (χ2n) is 5.42. The molecule has 100 valence electrons. The minimum absolute atomic E-state index is 0.00252. The Morgan fingerprint density at radius 2 is 2.21 bits per heavy atom. The van der Waals surface area contributed by atoms with Crippen LogP contribution in [0.1, 0.15) is 30.1 Å². The second kappa shape index (κ2) is 4.38. The molecule has 1 amide bonds. The molecule has 0 radical (unpaired) electrons. The summed E-state index contributed by atoms with van der Waals surface area (Å²) >= 11 is 0. The number of hydrogen-bond acceptors (Lipinski definition) is 2. The normalized spacial score (nSPS) is 17.5. The molecule has 4 heteroatoms. The molecule has 1 saturated heterocycles. The van der Waals surface area contributed by atoms with Crippen molar-refractivity contribution in [1.29, 1.82) is 0 Å². The number of rotatable bonds is 3. The van der Waals surface area contributed by atoms with Crippen molar-refractivity contribution in [2.45, 2.75) is 25.4 Å². The fraction of sp³-hybridized carbons (Fsp3) is 0.400. The molecule has 0 aliphatic carbocycles. The maximum Gasteiger partial charge on any atom is 0.254 e. The Balaban J connectivity index is 1.74. The number of fused-ring (bicyclic) bond motifs is 1. The molecular weight excluding hydrogens is 240 g/mol. The standard InChI is InChI=1S/C15H18N2O2/c1-2-6-15(19)9-17(10-15)14(18)12-4-3-11-5-7-16-13(11)8-12/h3-5,7-8,16,19H,2,6,9-10H2,1H3. The van der Waals surface area contributed by atoms with Crippen LogP contribution in [0.2, 0.25) is 0 Å². The van der Waals surface area contributed by atoms with Crippen LogP contribution in [0.25, 0.3) is 10.9 Å². The first-order valence-corrected chi connectivity index (χ1v) is 6.70. The number of carbonyl (C=O) groups is 1. The van der Waals surface area contributed by atoms with Crippen LogP contribution in [0, 0.1) is 0 Å². The van der Waals surface area contributed by atoms with E-state index < -0.39 is 5.60 Å². The molecular formula is C15H18N2O2. The van der Waals surface area contributed by atoms with Gasteiger partial charge in [-0.15, -0.1) is 0 Å². The van der Waals surface area contributed by atoms with Gasteiger partial charge >= 0.3 is 0 Å². The maximum atomic E-state index is 12.3. The van der Waals surface area contributed by atoms with Crippen LogP contribution < -0.4 is 0 Å². The summed E-state index contributed by atoms with van der Waals surface area (Å²) < 4.78 is 0. The van der Waals surface area contributed by atoms with Crippen LogP contribution >= 0.6 is 0 Å². The molecule has 1 aromatic heterocycles. The summed E-state index contributed by atoms with van der Waals surface area (Å²) in [6.07, 6.45) is 3.56. The topological polar surface area (TPSA) is 56.3 Å². The molecule has 1 aromatic carbocycles. The van der Waals surface area contributed by atoms with Crippen LogP contribution in [-0.4, -0.2) is 39.6 Å². The number of H-pyrrole nitrogens is 1. The minimum atomic E-state index is -0.666. The van der Waals surface area contributed by atoms with Gasteiger partial charge in [0, 0.05) is 17.3 Å². The van der Waals surface area contributed by atoms with Crippen molar-refractivity contribution in [3.8, 4) is 0 Å². The van der Waals surface area contributed by atoms with Crippen molar-refractivity contribution in [2.75, 3.05) is 13.1 Å². The van der Waals surface area contributed by atoms with Crippen molar-refractivity contribution in [2.24, 2.45) is 0 Å². The molecule has 0 unspecified atom stereocenters.